The molecule has 32 heavy (non-hydrogen) atoms. The second kappa shape index (κ2) is 8.40. The van der Waals surface area contributed by atoms with Crippen LogP contribution in [0.15, 0.2) is 101 Å². The van der Waals surface area contributed by atoms with Gasteiger partial charge in [0.05, 0.1) is 6.42 Å². The number of rotatable bonds is 5. The van der Waals surface area contributed by atoms with Gasteiger partial charge in [0.1, 0.15) is 11.3 Å². The summed E-state index contributed by atoms with van der Waals surface area (Å²) in [5.41, 5.74) is 2.47. The molecule has 0 atom stereocenters. The van der Waals surface area contributed by atoms with Gasteiger partial charge >= 0.3 is 0 Å². The Labute approximate surface area is 184 Å². The van der Waals surface area contributed by atoms with E-state index in [4.69, 9.17) is 4.42 Å². The van der Waals surface area contributed by atoms with Gasteiger partial charge in [-0.2, -0.15) is 0 Å². The van der Waals surface area contributed by atoms with Crippen LogP contribution in [0.1, 0.15) is 16.1 Å². The molecule has 0 spiro atoms. The maximum Gasteiger partial charge on any atom is 0.293 e. The largest absolute Gasteiger partial charge is 0.449 e. The van der Waals surface area contributed by atoms with Crippen molar-refractivity contribution in [2.45, 2.75) is 6.42 Å². The van der Waals surface area contributed by atoms with Crippen LogP contribution < -0.4 is 10.6 Å². The molecule has 0 saturated heterocycles. The van der Waals surface area contributed by atoms with Gasteiger partial charge in [-0.1, -0.05) is 72.8 Å². The van der Waals surface area contributed by atoms with Gasteiger partial charge < -0.3 is 15.1 Å². The minimum Gasteiger partial charge on any atom is -0.449 e. The summed E-state index contributed by atoms with van der Waals surface area (Å²) < 4.78 is 5.83. The van der Waals surface area contributed by atoms with Gasteiger partial charge in [0.2, 0.25) is 11.7 Å². The maximum absolute atomic E-state index is 13.0. The minimum atomic E-state index is -0.423. The van der Waals surface area contributed by atoms with Crippen LogP contribution in [0.4, 0.5) is 11.4 Å². The lowest BCUT2D eigenvalue weighted by Gasteiger charge is -2.09. The normalized spacial score (nSPS) is 10.9. The van der Waals surface area contributed by atoms with Gasteiger partial charge in [0.25, 0.3) is 5.91 Å². The molecule has 0 saturated carbocycles. The smallest absolute Gasteiger partial charge is 0.293 e. The molecule has 0 aliphatic heterocycles. The summed E-state index contributed by atoms with van der Waals surface area (Å²) in [6.07, 6.45) is 0.181. The molecule has 5 nitrogen and oxygen atoms in total. The number of hydrogen-bond donors (Lipinski definition) is 2. The highest BCUT2D eigenvalue weighted by Crippen LogP contribution is 2.32. The van der Waals surface area contributed by atoms with Crippen LogP contribution in [-0.2, 0) is 11.2 Å². The summed E-state index contributed by atoms with van der Waals surface area (Å²) in [4.78, 5) is 26.0. The van der Waals surface area contributed by atoms with Crippen LogP contribution in [-0.4, -0.2) is 11.8 Å². The fraction of sp³-hybridized carbons (Fsp3) is 0.0370. The van der Waals surface area contributed by atoms with Crippen molar-refractivity contribution >= 4 is 44.9 Å². The first kappa shape index (κ1) is 19.6. The number of nitrogens with one attached hydrogen (secondary N) is 2. The Bertz CT molecular complexity index is 1430. The number of carbonyl (C=O) groups excluding carboxylic acids is 2. The fourth-order valence-electron chi connectivity index (χ4n) is 3.84. The van der Waals surface area contributed by atoms with Crippen LogP contribution >= 0.6 is 0 Å². The SMILES string of the molecule is O=C(Cc1cccc2ccccc12)Nc1c(C(=O)Nc2ccccc2)oc2ccccc12. The minimum absolute atomic E-state index is 0.0707. The van der Waals surface area contributed by atoms with E-state index in [9.17, 15) is 9.59 Å². The van der Waals surface area contributed by atoms with Crippen molar-refractivity contribution < 1.29 is 14.0 Å². The summed E-state index contributed by atoms with van der Waals surface area (Å²) in [6.45, 7) is 0. The zero-order valence-electron chi connectivity index (χ0n) is 17.2. The van der Waals surface area contributed by atoms with E-state index in [1.165, 1.54) is 0 Å². The van der Waals surface area contributed by atoms with Crippen LogP contribution in [0.25, 0.3) is 21.7 Å². The zero-order chi connectivity index (χ0) is 21.9. The van der Waals surface area contributed by atoms with Crippen molar-refractivity contribution in [3.8, 4) is 0 Å². The zero-order valence-corrected chi connectivity index (χ0v) is 17.2. The lowest BCUT2D eigenvalue weighted by Crippen LogP contribution is -2.18. The van der Waals surface area contributed by atoms with Crippen LogP contribution in [0.5, 0.6) is 0 Å². The second-order valence-corrected chi connectivity index (χ2v) is 7.49. The van der Waals surface area contributed by atoms with Crippen molar-refractivity contribution in [2.75, 3.05) is 10.6 Å². The lowest BCUT2D eigenvalue weighted by molar-refractivity contribution is -0.115. The Morgan fingerprint density at radius 2 is 1.38 bits per heavy atom. The summed E-state index contributed by atoms with van der Waals surface area (Å²) in [7, 11) is 0. The van der Waals surface area contributed by atoms with E-state index in [0.717, 1.165) is 16.3 Å². The molecule has 0 bridgehead atoms. The van der Waals surface area contributed by atoms with Gasteiger partial charge in [-0.05, 0) is 40.6 Å². The number of fused-ring (bicyclic) bond motifs is 2. The number of hydrogen-bond acceptors (Lipinski definition) is 3. The highest BCUT2D eigenvalue weighted by atomic mass is 16.3. The molecule has 156 valence electrons. The number of benzene rings is 4. The van der Waals surface area contributed by atoms with Crippen molar-refractivity contribution in [1.29, 1.82) is 0 Å². The van der Waals surface area contributed by atoms with Crippen LogP contribution in [0.2, 0.25) is 0 Å². The molecular weight excluding hydrogens is 400 g/mol. The monoisotopic (exact) mass is 420 g/mol. The molecule has 2 amide bonds. The Hall–Kier alpha value is -4.38. The number of carbonyl (C=O) groups is 2. The van der Waals surface area contributed by atoms with E-state index in [0.29, 0.717) is 22.3 Å². The molecule has 2 N–H and O–H groups in total. The van der Waals surface area contributed by atoms with Gasteiger partial charge in [-0.15, -0.1) is 0 Å². The van der Waals surface area contributed by atoms with Crippen molar-refractivity contribution in [3.63, 3.8) is 0 Å². The van der Waals surface area contributed by atoms with Gasteiger partial charge in [0, 0.05) is 11.1 Å². The van der Waals surface area contributed by atoms with Gasteiger partial charge in [-0.25, -0.2) is 0 Å². The third-order valence-electron chi connectivity index (χ3n) is 5.33. The standard InChI is InChI=1S/C27H20N2O3/c30-24(17-19-11-8-10-18-9-4-5-14-21(18)19)29-25-22-15-6-7-16-23(22)32-26(25)27(31)28-20-12-2-1-3-13-20/h1-16H,17H2,(H,28,31)(H,29,30). The van der Waals surface area contributed by atoms with E-state index in [2.05, 4.69) is 10.6 Å². The molecule has 0 unspecified atom stereocenters. The topological polar surface area (TPSA) is 71.3 Å². The first-order valence-corrected chi connectivity index (χ1v) is 10.3. The Morgan fingerprint density at radius 1 is 0.688 bits per heavy atom. The Balaban J connectivity index is 1.46. The molecule has 5 heteroatoms. The van der Waals surface area contributed by atoms with E-state index >= 15 is 0 Å². The number of furan rings is 1. The van der Waals surface area contributed by atoms with E-state index in [1.807, 2.05) is 78.9 Å². The lowest BCUT2D eigenvalue weighted by atomic mass is 10.0. The summed E-state index contributed by atoms with van der Waals surface area (Å²) in [6, 6.07) is 30.2. The number of anilines is 2. The molecule has 0 aliphatic rings. The average Bonchev–Trinajstić information content (AvgIpc) is 3.18. The molecule has 5 rings (SSSR count). The van der Waals surface area contributed by atoms with Crippen molar-refractivity contribution in [2.24, 2.45) is 0 Å². The number of para-hydroxylation sites is 2. The van der Waals surface area contributed by atoms with Crippen LogP contribution in [0, 0.1) is 0 Å². The van der Waals surface area contributed by atoms with E-state index < -0.39 is 5.91 Å². The summed E-state index contributed by atoms with van der Waals surface area (Å²) in [5, 5.41) is 8.53. The summed E-state index contributed by atoms with van der Waals surface area (Å²) >= 11 is 0. The fourth-order valence-corrected chi connectivity index (χ4v) is 3.84. The molecular formula is C27H20N2O3. The Morgan fingerprint density at radius 3 is 2.22 bits per heavy atom. The third-order valence-corrected chi connectivity index (χ3v) is 5.33. The Kier molecular flexibility index (Phi) is 5.14. The molecule has 0 radical (unpaired) electrons. The molecule has 5 aromatic rings. The first-order chi connectivity index (χ1) is 15.7. The maximum atomic E-state index is 13.0. The van der Waals surface area contributed by atoms with Gasteiger partial charge in [-0.3, -0.25) is 9.59 Å². The molecule has 1 aromatic heterocycles. The predicted molar refractivity (Wildman–Crippen MR) is 127 cm³/mol. The second-order valence-electron chi connectivity index (χ2n) is 7.49. The molecule has 0 aliphatic carbocycles. The third kappa shape index (κ3) is 3.84. The highest BCUT2D eigenvalue weighted by Gasteiger charge is 2.22. The van der Waals surface area contributed by atoms with Crippen molar-refractivity contribution in [3.05, 3.63) is 108 Å². The van der Waals surface area contributed by atoms with Gasteiger partial charge in [0.15, 0.2) is 0 Å². The average molecular weight is 420 g/mol. The summed E-state index contributed by atoms with van der Waals surface area (Å²) in [5.74, 6) is -0.573. The quantitative estimate of drug-likeness (QED) is 0.365. The molecule has 1 heterocycles. The predicted octanol–water partition coefficient (Wildman–Crippen LogP) is 6.02. The van der Waals surface area contributed by atoms with Crippen LogP contribution in [0.3, 0.4) is 0 Å². The molecule has 4 aromatic carbocycles. The van der Waals surface area contributed by atoms with E-state index in [-0.39, 0.29) is 18.1 Å². The van der Waals surface area contributed by atoms with E-state index in [1.54, 1.807) is 18.2 Å². The van der Waals surface area contributed by atoms with Crippen molar-refractivity contribution in [1.82, 2.24) is 0 Å². The molecule has 0 fully saturated rings. The first-order valence-electron chi connectivity index (χ1n) is 10.3. The highest BCUT2D eigenvalue weighted by molar-refractivity contribution is 6.14. The number of amides is 2.